The van der Waals surface area contributed by atoms with E-state index in [4.69, 9.17) is 15.3 Å². The number of aromatic amines is 1. The molecule has 1 aliphatic rings. The topological polar surface area (TPSA) is 75.0 Å². The number of aromatic nitrogens is 1. The fraction of sp³-hybridized carbons (Fsp3) is 0.300. The summed E-state index contributed by atoms with van der Waals surface area (Å²) in [5, 5.41) is 19.4. The zero-order valence-corrected chi connectivity index (χ0v) is 20.3. The molecular weight excluding hydrogens is 434 g/mol. The van der Waals surface area contributed by atoms with E-state index in [9.17, 15) is 0 Å². The van der Waals surface area contributed by atoms with Gasteiger partial charge in [0.15, 0.2) is 0 Å². The summed E-state index contributed by atoms with van der Waals surface area (Å²) in [6, 6.07) is 23.5. The van der Waals surface area contributed by atoms with Crippen LogP contribution < -0.4 is 4.74 Å². The lowest BCUT2D eigenvalue weighted by Gasteiger charge is -2.32. The largest absolute Gasteiger partial charge is 0.592 e. The maximum atomic E-state index is 8.18. The van der Waals surface area contributed by atoms with Crippen LogP contribution in [-0.2, 0) is 0 Å². The number of fused-ring (bicyclic) bond motifs is 2. The highest BCUT2D eigenvalue weighted by Gasteiger charge is 2.20. The van der Waals surface area contributed by atoms with Crippen molar-refractivity contribution in [2.24, 2.45) is 0 Å². The average molecular weight is 469 g/mol. The Morgan fingerprint density at radius 3 is 2.66 bits per heavy atom. The third-order valence-corrected chi connectivity index (χ3v) is 6.98. The SMILES string of the molecule is CC(=N)/C=C(\[OH2+])c1cc2c(OCCCN3CCC(c4ccc5ccccc5c4)CC3)cccc2[nH]1. The van der Waals surface area contributed by atoms with Crippen LogP contribution in [-0.4, -0.2) is 46.9 Å². The molecule has 3 aromatic carbocycles. The molecule has 1 saturated heterocycles. The molecule has 5 rings (SSSR count). The van der Waals surface area contributed by atoms with Crippen molar-refractivity contribution in [3.05, 3.63) is 84.1 Å². The molecule has 35 heavy (non-hydrogen) atoms. The van der Waals surface area contributed by atoms with Crippen LogP contribution in [0.5, 0.6) is 5.75 Å². The Labute approximate surface area is 206 Å². The molecule has 0 saturated carbocycles. The molecule has 1 fully saturated rings. The number of likely N-dealkylation sites (tertiary alicyclic amines) is 1. The van der Waals surface area contributed by atoms with E-state index < -0.39 is 0 Å². The predicted molar refractivity (Wildman–Crippen MR) is 146 cm³/mol. The molecule has 1 aliphatic heterocycles. The number of rotatable bonds is 8. The smallest absolute Gasteiger partial charge is 0.279 e. The number of allylic oxidation sites excluding steroid dienone is 1. The number of hydrogen-bond acceptors (Lipinski definition) is 3. The molecule has 0 spiro atoms. The highest BCUT2D eigenvalue weighted by Crippen LogP contribution is 2.31. The van der Waals surface area contributed by atoms with Crippen LogP contribution in [0.2, 0.25) is 0 Å². The Hall–Kier alpha value is -3.57. The van der Waals surface area contributed by atoms with Gasteiger partial charge in [-0.05, 0) is 79.7 Å². The van der Waals surface area contributed by atoms with E-state index in [1.807, 2.05) is 24.3 Å². The van der Waals surface area contributed by atoms with Gasteiger partial charge < -0.3 is 25.1 Å². The van der Waals surface area contributed by atoms with Gasteiger partial charge in [-0.25, -0.2) is 0 Å². The van der Waals surface area contributed by atoms with Crippen molar-refractivity contribution in [2.75, 3.05) is 26.2 Å². The summed E-state index contributed by atoms with van der Waals surface area (Å²) in [4.78, 5) is 5.83. The molecule has 5 heteroatoms. The predicted octanol–water partition coefficient (Wildman–Crippen LogP) is 6.07. The van der Waals surface area contributed by atoms with Gasteiger partial charge in [-0.15, -0.1) is 0 Å². The van der Waals surface area contributed by atoms with Crippen LogP contribution in [0.1, 0.15) is 43.4 Å². The lowest BCUT2D eigenvalue weighted by Crippen LogP contribution is -2.34. The van der Waals surface area contributed by atoms with E-state index in [1.165, 1.54) is 29.2 Å². The number of hydrogen-bond donors (Lipinski definition) is 2. The van der Waals surface area contributed by atoms with Crippen LogP contribution in [0.4, 0.5) is 0 Å². The molecule has 5 nitrogen and oxygen atoms in total. The highest BCUT2D eigenvalue weighted by atomic mass is 16.5. The van der Waals surface area contributed by atoms with Crippen molar-refractivity contribution in [3.63, 3.8) is 0 Å². The highest BCUT2D eigenvalue weighted by molar-refractivity contribution is 5.97. The number of ether oxygens (including phenoxy) is 1. The minimum atomic E-state index is 0.312. The molecular formula is C30H34N3O2+. The van der Waals surface area contributed by atoms with Crippen molar-refractivity contribution < 1.29 is 9.84 Å². The van der Waals surface area contributed by atoms with Crippen molar-refractivity contribution in [1.82, 2.24) is 9.88 Å². The first-order valence-electron chi connectivity index (χ1n) is 12.5. The van der Waals surface area contributed by atoms with Crippen LogP contribution in [0.3, 0.4) is 0 Å². The summed E-state index contributed by atoms with van der Waals surface area (Å²) < 4.78 is 6.15. The van der Waals surface area contributed by atoms with E-state index in [2.05, 4.69) is 52.3 Å². The van der Waals surface area contributed by atoms with Gasteiger partial charge in [0.25, 0.3) is 5.76 Å². The number of nitrogens with one attached hydrogen (secondary N) is 2. The second kappa shape index (κ2) is 10.4. The molecule has 0 bridgehead atoms. The number of benzene rings is 3. The fourth-order valence-corrected chi connectivity index (χ4v) is 5.11. The number of H-pyrrole nitrogens is 1. The van der Waals surface area contributed by atoms with Crippen molar-refractivity contribution in [2.45, 2.75) is 32.1 Å². The minimum Gasteiger partial charge on any atom is -0.592 e. The Morgan fingerprint density at radius 2 is 1.86 bits per heavy atom. The first-order chi connectivity index (χ1) is 17.1. The summed E-state index contributed by atoms with van der Waals surface area (Å²) in [6.07, 6.45) is 4.96. The summed E-state index contributed by atoms with van der Waals surface area (Å²) in [6.45, 7) is 5.68. The maximum absolute atomic E-state index is 8.18. The Bertz CT molecular complexity index is 1360. The molecule has 1 aromatic heterocycles. The molecule has 180 valence electrons. The summed E-state index contributed by atoms with van der Waals surface area (Å²) in [7, 11) is 0. The van der Waals surface area contributed by atoms with Crippen molar-refractivity contribution in [3.8, 4) is 5.75 Å². The van der Waals surface area contributed by atoms with E-state index in [0.717, 1.165) is 42.7 Å². The summed E-state index contributed by atoms with van der Waals surface area (Å²) in [5.41, 5.74) is 3.50. The summed E-state index contributed by atoms with van der Waals surface area (Å²) >= 11 is 0. The van der Waals surface area contributed by atoms with Gasteiger partial charge in [0.05, 0.1) is 12.7 Å². The Kier molecular flexibility index (Phi) is 6.87. The standard InChI is InChI=1S/C30H33N3O2/c1-21(31)18-29(34)28-20-26-27(32-28)8-4-9-30(26)35-17-5-14-33-15-12-23(13-16-33)25-11-10-22-6-2-3-7-24(22)19-25/h2-4,6-11,18-20,23,31-32,34H,5,12-17H2,1H3/p+1/b29-18-,31-21?. The van der Waals surface area contributed by atoms with Crippen molar-refractivity contribution in [1.29, 1.82) is 5.41 Å². The van der Waals surface area contributed by atoms with Gasteiger partial charge in [-0.3, -0.25) is 0 Å². The van der Waals surface area contributed by atoms with Crippen LogP contribution in [0.25, 0.3) is 27.4 Å². The van der Waals surface area contributed by atoms with Crippen LogP contribution in [0, 0.1) is 5.41 Å². The molecule has 4 N–H and O–H groups in total. The maximum Gasteiger partial charge on any atom is 0.279 e. The van der Waals surface area contributed by atoms with Crippen molar-refractivity contribution >= 4 is 33.1 Å². The summed E-state index contributed by atoms with van der Waals surface area (Å²) in [5.74, 6) is 1.81. The van der Waals surface area contributed by atoms with E-state index in [0.29, 0.717) is 29.7 Å². The van der Waals surface area contributed by atoms with E-state index in [-0.39, 0.29) is 0 Å². The quantitative estimate of drug-likeness (QED) is 0.142. The first-order valence-corrected chi connectivity index (χ1v) is 12.5. The molecule has 2 heterocycles. The fourth-order valence-electron chi connectivity index (χ4n) is 5.11. The number of piperidine rings is 1. The molecule has 0 aliphatic carbocycles. The van der Waals surface area contributed by atoms with Crippen LogP contribution >= 0.6 is 0 Å². The second-order valence-corrected chi connectivity index (χ2v) is 9.57. The minimum absolute atomic E-state index is 0.312. The lowest BCUT2D eigenvalue weighted by atomic mass is 9.88. The van der Waals surface area contributed by atoms with Gasteiger partial charge in [-0.2, -0.15) is 0 Å². The third kappa shape index (κ3) is 5.41. The first kappa shape index (κ1) is 23.2. The molecule has 0 atom stereocenters. The monoisotopic (exact) mass is 468 g/mol. The van der Waals surface area contributed by atoms with Gasteiger partial charge >= 0.3 is 0 Å². The molecule has 4 aromatic rings. The van der Waals surface area contributed by atoms with Gasteiger partial charge in [0.2, 0.25) is 0 Å². The average Bonchev–Trinajstić information content (AvgIpc) is 3.32. The van der Waals surface area contributed by atoms with E-state index in [1.54, 1.807) is 13.0 Å². The lowest BCUT2D eigenvalue weighted by molar-refractivity contribution is 0.193. The molecule has 0 amide bonds. The Morgan fingerprint density at radius 1 is 1.06 bits per heavy atom. The third-order valence-electron chi connectivity index (χ3n) is 6.98. The molecule has 0 unspecified atom stereocenters. The zero-order chi connectivity index (χ0) is 24.2. The number of nitrogens with zero attached hydrogens (tertiary/aromatic N) is 1. The second-order valence-electron chi connectivity index (χ2n) is 9.57. The van der Waals surface area contributed by atoms with E-state index >= 15 is 0 Å². The van der Waals surface area contributed by atoms with Gasteiger partial charge in [-0.1, -0.05) is 48.5 Å². The molecule has 0 radical (unpaired) electrons. The Balaban J connectivity index is 1.12. The zero-order valence-electron chi connectivity index (χ0n) is 20.3. The normalized spacial score (nSPS) is 15.6. The van der Waals surface area contributed by atoms with Gasteiger partial charge in [0.1, 0.15) is 11.4 Å². The van der Waals surface area contributed by atoms with Crippen LogP contribution in [0.15, 0.2) is 72.8 Å². The van der Waals surface area contributed by atoms with Gasteiger partial charge in [0, 0.05) is 23.2 Å².